The lowest BCUT2D eigenvalue weighted by molar-refractivity contribution is 0.122. The molecule has 3 heterocycles. The van der Waals surface area contributed by atoms with Crippen molar-refractivity contribution in [2.24, 2.45) is 0 Å². The highest BCUT2D eigenvalue weighted by Crippen LogP contribution is 2.29. The number of nitrogens with zero attached hydrogens (tertiary/aromatic N) is 4. The molecule has 0 amide bonds. The highest BCUT2D eigenvalue weighted by molar-refractivity contribution is 7.89. The lowest BCUT2D eigenvalue weighted by Gasteiger charge is -2.26. The molecule has 138 valence electrons. The minimum Gasteiger partial charge on any atom is -0.378 e. The molecule has 4 rings (SSSR count). The van der Waals surface area contributed by atoms with E-state index in [1.807, 2.05) is 4.90 Å². The van der Waals surface area contributed by atoms with Gasteiger partial charge in [-0.05, 0) is 30.7 Å². The van der Waals surface area contributed by atoms with Crippen molar-refractivity contribution in [3.8, 4) is 0 Å². The maximum absolute atomic E-state index is 13.3. The van der Waals surface area contributed by atoms with E-state index in [0.29, 0.717) is 30.4 Å². The Morgan fingerprint density at radius 2 is 1.96 bits per heavy atom. The van der Waals surface area contributed by atoms with Crippen LogP contribution in [0.2, 0.25) is 0 Å². The number of morpholine rings is 1. The van der Waals surface area contributed by atoms with Crippen molar-refractivity contribution in [1.29, 1.82) is 0 Å². The van der Waals surface area contributed by atoms with Gasteiger partial charge in [0.1, 0.15) is 5.82 Å². The molecule has 2 aromatic rings. The molecule has 0 saturated carbocycles. The summed E-state index contributed by atoms with van der Waals surface area (Å²) in [6.45, 7) is 4.70. The maximum Gasteiger partial charge on any atom is 0.244 e. The monoisotopic (exact) mass is 378 g/mol. The van der Waals surface area contributed by atoms with Crippen molar-refractivity contribution in [3.63, 3.8) is 0 Å². The molecule has 0 bridgehead atoms. The van der Waals surface area contributed by atoms with Crippen LogP contribution in [0.15, 0.2) is 29.3 Å². The quantitative estimate of drug-likeness (QED) is 0.805. The zero-order valence-electron chi connectivity index (χ0n) is 14.4. The first-order chi connectivity index (χ1) is 12.4. The SMILES string of the molecule is Cc1cc(F)ccc1S(=O)(=O)N1Cc2cnc(N3CCOCC3)nc2C1. The van der Waals surface area contributed by atoms with Crippen LogP contribution >= 0.6 is 0 Å². The van der Waals surface area contributed by atoms with Crippen molar-refractivity contribution in [3.05, 3.63) is 47.0 Å². The fourth-order valence-corrected chi connectivity index (χ4v) is 4.83. The zero-order valence-corrected chi connectivity index (χ0v) is 15.2. The van der Waals surface area contributed by atoms with Gasteiger partial charge in [0.05, 0.1) is 30.3 Å². The summed E-state index contributed by atoms with van der Waals surface area (Å²) in [5.74, 6) is 0.149. The van der Waals surface area contributed by atoms with E-state index < -0.39 is 15.8 Å². The molecule has 0 N–H and O–H groups in total. The fraction of sp³-hybridized carbons (Fsp3) is 0.412. The predicted octanol–water partition coefficient (Wildman–Crippen LogP) is 1.47. The molecule has 2 aliphatic heterocycles. The van der Waals surface area contributed by atoms with Gasteiger partial charge in [0.2, 0.25) is 16.0 Å². The number of hydrogen-bond donors (Lipinski definition) is 0. The smallest absolute Gasteiger partial charge is 0.244 e. The second-order valence-corrected chi connectivity index (χ2v) is 8.33. The van der Waals surface area contributed by atoms with Crippen LogP contribution in [0, 0.1) is 12.7 Å². The molecule has 0 radical (unpaired) electrons. The summed E-state index contributed by atoms with van der Waals surface area (Å²) < 4.78 is 45.9. The first-order valence-corrected chi connectivity index (χ1v) is 9.83. The Kier molecular flexibility index (Phi) is 4.37. The summed E-state index contributed by atoms with van der Waals surface area (Å²) in [5, 5.41) is 0. The van der Waals surface area contributed by atoms with Crippen molar-refractivity contribution in [1.82, 2.24) is 14.3 Å². The first-order valence-electron chi connectivity index (χ1n) is 8.39. The van der Waals surface area contributed by atoms with E-state index >= 15 is 0 Å². The predicted molar refractivity (Wildman–Crippen MR) is 92.6 cm³/mol. The van der Waals surface area contributed by atoms with Crippen LogP contribution in [0.4, 0.5) is 10.3 Å². The third-order valence-corrected chi connectivity index (χ3v) is 6.61. The summed E-state index contributed by atoms with van der Waals surface area (Å²) >= 11 is 0. The summed E-state index contributed by atoms with van der Waals surface area (Å²) in [6, 6.07) is 3.71. The molecular weight excluding hydrogens is 359 g/mol. The summed E-state index contributed by atoms with van der Waals surface area (Å²) in [7, 11) is -3.73. The number of rotatable bonds is 3. The number of hydrogen-bond acceptors (Lipinski definition) is 6. The number of benzene rings is 1. The summed E-state index contributed by atoms with van der Waals surface area (Å²) in [6.07, 6.45) is 1.69. The van der Waals surface area contributed by atoms with Gasteiger partial charge in [0.15, 0.2) is 0 Å². The van der Waals surface area contributed by atoms with Gasteiger partial charge in [-0.2, -0.15) is 4.31 Å². The van der Waals surface area contributed by atoms with Crippen molar-refractivity contribution in [2.75, 3.05) is 31.2 Å². The average molecular weight is 378 g/mol. The van der Waals surface area contributed by atoms with Gasteiger partial charge in [-0.3, -0.25) is 0 Å². The third kappa shape index (κ3) is 3.06. The molecule has 26 heavy (non-hydrogen) atoms. The first kappa shape index (κ1) is 17.3. The van der Waals surface area contributed by atoms with E-state index in [9.17, 15) is 12.8 Å². The summed E-state index contributed by atoms with van der Waals surface area (Å²) in [5.41, 5.74) is 1.90. The van der Waals surface area contributed by atoms with Gasteiger partial charge in [-0.1, -0.05) is 0 Å². The van der Waals surface area contributed by atoms with Crippen LogP contribution in [0.5, 0.6) is 0 Å². The standard InChI is InChI=1S/C17H19FN4O3S/c1-12-8-14(18)2-3-16(12)26(23,24)22-10-13-9-19-17(20-15(13)11-22)21-4-6-25-7-5-21/h2-3,8-9H,4-7,10-11H2,1H3. The number of anilines is 1. The Morgan fingerprint density at radius 3 is 2.69 bits per heavy atom. The Bertz CT molecular complexity index is 945. The van der Waals surface area contributed by atoms with E-state index in [1.54, 1.807) is 13.1 Å². The average Bonchev–Trinajstić information content (AvgIpc) is 3.06. The lowest BCUT2D eigenvalue weighted by Crippen LogP contribution is -2.37. The summed E-state index contributed by atoms with van der Waals surface area (Å²) in [4.78, 5) is 11.1. The van der Waals surface area contributed by atoms with Crippen LogP contribution in [0.3, 0.4) is 0 Å². The Balaban J connectivity index is 1.59. The largest absolute Gasteiger partial charge is 0.378 e. The molecule has 7 nitrogen and oxygen atoms in total. The molecule has 9 heteroatoms. The van der Waals surface area contributed by atoms with Gasteiger partial charge in [-0.15, -0.1) is 0 Å². The number of ether oxygens (including phenoxy) is 1. The lowest BCUT2D eigenvalue weighted by atomic mass is 10.2. The van der Waals surface area contributed by atoms with Crippen LogP contribution in [0.25, 0.3) is 0 Å². The zero-order chi connectivity index (χ0) is 18.3. The van der Waals surface area contributed by atoms with Crippen molar-refractivity contribution in [2.45, 2.75) is 24.9 Å². The van der Waals surface area contributed by atoms with Gasteiger partial charge < -0.3 is 9.64 Å². The van der Waals surface area contributed by atoms with Crippen molar-refractivity contribution < 1.29 is 17.5 Å². The topological polar surface area (TPSA) is 75.6 Å². The van der Waals surface area contributed by atoms with Gasteiger partial charge in [0, 0.05) is 31.4 Å². The van der Waals surface area contributed by atoms with Gasteiger partial charge in [-0.25, -0.2) is 22.8 Å². The molecular formula is C17H19FN4O3S. The molecule has 1 aromatic heterocycles. The molecule has 1 aromatic carbocycles. The van der Waals surface area contributed by atoms with Crippen LogP contribution in [-0.4, -0.2) is 49.0 Å². The van der Waals surface area contributed by atoms with E-state index in [1.165, 1.54) is 22.5 Å². The van der Waals surface area contributed by atoms with E-state index in [2.05, 4.69) is 9.97 Å². The van der Waals surface area contributed by atoms with Crippen LogP contribution in [0.1, 0.15) is 16.8 Å². The van der Waals surface area contributed by atoms with Crippen molar-refractivity contribution >= 4 is 16.0 Å². The second kappa shape index (κ2) is 6.57. The Morgan fingerprint density at radius 1 is 1.19 bits per heavy atom. The fourth-order valence-electron chi connectivity index (χ4n) is 3.24. The molecule has 0 atom stereocenters. The van der Waals surface area contributed by atoms with Crippen LogP contribution < -0.4 is 4.90 Å². The highest BCUT2D eigenvalue weighted by atomic mass is 32.2. The van der Waals surface area contributed by atoms with Gasteiger partial charge >= 0.3 is 0 Å². The normalized spacial score (nSPS) is 18.2. The maximum atomic E-state index is 13.3. The number of fused-ring (bicyclic) bond motifs is 1. The van der Waals surface area contributed by atoms with Crippen LogP contribution in [-0.2, 0) is 27.8 Å². The number of halogens is 1. The molecule has 1 saturated heterocycles. The molecule has 0 unspecified atom stereocenters. The Hall–Kier alpha value is -2.10. The molecule has 2 aliphatic rings. The third-order valence-electron chi connectivity index (χ3n) is 4.66. The second-order valence-electron chi connectivity index (χ2n) is 6.42. The molecule has 0 aliphatic carbocycles. The van der Waals surface area contributed by atoms with Gasteiger partial charge in [0.25, 0.3) is 0 Å². The molecule has 1 fully saturated rings. The minimum atomic E-state index is -3.73. The van der Waals surface area contributed by atoms with E-state index in [4.69, 9.17) is 4.74 Å². The minimum absolute atomic E-state index is 0.119. The highest BCUT2D eigenvalue weighted by Gasteiger charge is 2.33. The van der Waals surface area contributed by atoms with E-state index in [0.717, 1.165) is 18.7 Å². The number of sulfonamides is 1. The molecule has 0 spiro atoms. The number of aromatic nitrogens is 2. The number of aryl methyl sites for hydroxylation is 1. The van der Waals surface area contributed by atoms with E-state index in [-0.39, 0.29) is 18.0 Å². The Labute approximate surface area is 151 Å².